The van der Waals surface area contributed by atoms with E-state index in [0.717, 1.165) is 0 Å². The van der Waals surface area contributed by atoms with Crippen molar-refractivity contribution in [3.05, 3.63) is 24.2 Å². The predicted molar refractivity (Wildman–Crippen MR) is 36.1 cm³/mol. The first kappa shape index (κ1) is 7.81. The van der Waals surface area contributed by atoms with Crippen molar-refractivity contribution >= 4 is 5.97 Å². The number of furan rings is 1. The van der Waals surface area contributed by atoms with E-state index in [1.54, 1.807) is 0 Å². The molecular formula is C7H8O4. The molecule has 0 radical (unpaired) electrons. The molecule has 0 saturated heterocycles. The second-order valence-corrected chi connectivity index (χ2v) is 1.87. The van der Waals surface area contributed by atoms with Gasteiger partial charge in [0.25, 0.3) is 0 Å². The van der Waals surface area contributed by atoms with Gasteiger partial charge in [0.1, 0.15) is 12.9 Å². The van der Waals surface area contributed by atoms with Crippen molar-refractivity contribution in [3.8, 4) is 0 Å². The summed E-state index contributed by atoms with van der Waals surface area (Å²) >= 11 is 0. The van der Waals surface area contributed by atoms with Crippen LogP contribution in [0.25, 0.3) is 0 Å². The lowest BCUT2D eigenvalue weighted by molar-refractivity contribution is 0.0433. The lowest BCUT2D eigenvalue weighted by atomic mass is 10.3. The summed E-state index contributed by atoms with van der Waals surface area (Å²) in [7, 11) is 0. The van der Waals surface area contributed by atoms with Crippen LogP contribution in [-0.4, -0.2) is 24.3 Å². The van der Waals surface area contributed by atoms with Gasteiger partial charge in [-0.2, -0.15) is 0 Å². The molecule has 0 unspecified atom stereocenters. The molecule has 0 aliphatic rings. The zero-order valence-corrected chi connectivity index (χ0v) is 5.82. The molecule has 0 atom stereocenters. The fraction of sp³-hybridized carbons (Fsp3) is 0.286. The van der Waals surface area contributed by atoms with Gasteiger partial charge in [-0.1, -0.05) is 0 Å². The Balaban J connectivity index is 2.43. The van der Waals surface area contributed by atoms with Crippen LogP contribution in [0.5, 0.6) is 0 Å². The van der Waals surface area contributed by atoms with Crippen molar-refractivity contribution in [2.24, 2.45) is 0 Å². The summed E-state index contributed by atoms with van der Waals surface area (Å²) in [5.74, 6) is -0.479. The van der Waals surface area contributed by atoms with E-state index >= 15 is 0 Å². The Bertz CT molecular complexity index is 214. The van der Waals surface area contributed by atoms with Gasteiger partial charge in [-0.15, -0.1) is 0 Å². The molecule has 4 heteroatoms. The first-order valence-corrected chi connectivity index (χ1v) is 3.15. The van der Waals surface area contributed by atoms with Crippen molar-refractivity contribution in [1.82, 2.24) is 0 Å². The molecule has 0 saturated carbocycles. The highest BCUT2D eigenvalue weighted by Gasteiger charge is 2.06. The molecular weight excluding hydrogens is 148 g/mol. The van der Waals surface area contributed by atoms with Crippen molar-refractivity contribution in [2.45, 2.75) is 0 Å². The van der Waals surface area contributed by atoms with E-state index in [4.69, 9.17) is 5.11 Å². The topological polar surface area (TPSA) is 59.7 Å². The van der Waals surface area contributed by atoms with Gasteiger partial charge in [0.05, 0.1) is 18.4 Å². The summed E-state index contributed by atoms with van der Waals surface area (Å²) < 4.78 is 9.24. The number of aliphatic hydroxyl groups is 1. The molecule has 0 spiro atoms. The van der Waals surface area contributed by atoms with Gasteiger partial charge in [-0.3, -0.25) is 0 Å². The molecule has 1 N–H and O–H groups in total. The van der Waals surface area contributed by atoms with Crippen molar-refractivity contribution < 1.29 is 19.1 Å². The monoisotopic (exact) mass is 156 g/mol. The van der Waals surface area contributed by atoms with Crippen molar-refractivity contribution in [1.29, 1.82) is 0 Å². The number of ether oxygens (including phenoxy) is 1. The molecule has 11 heavy (non-hydrogen) atoms. The average Bonchev–Trinajstić information content (AvgIpc) is 2.52. The standard InChI is InChI=1S/C7H8O4/c8-2-4-11-7(9)6-1-3-10-5-6/h1,3,5,8H,2,4H2. The predicted octanol–water partition coefficient (Wildman–Crippen LogP) is 0.429. The molecule has 0 amide bonds. The van der Waals surface area contributed by atoms with E-state index in [0.29, 0.717) is 5.56 Å². The van der Waals surface area contributed by atoms with Crippen LogP contribution in [0.15, 0.2) is 23.0 Å². The minimum absolute atomic E-state index is 0.0179. The minimum atomic E-state index is -0.479. The molecule has 60 valence electrons. The summed E-state index contributed by atoms with van der Waals surface area (Å²) in [6.45, 7) is -0.145. The number of rotatable bonds is 3. The van der Waals surface area contributed by atoms with E-state index in [1.807, 2.05) is 0 Å². The molecule has 4 nitrogen and oxygen atoms in total. The van der Waals surface area contributed by atoms with E-state index in [2.05, 4.69) is 9.15 Å². The molecule has 0 aromatic carbocycles. The fourth-order valence-electron chi connectivity index (χ4n) is 0.602. The van der Waals surface area contributed by atoms with Crippen LogP contribution < -0.4 is 0 Å². The summed E-state index contributed by atoms with van der Waals surface area (Å²) in [6, 6.07) is 1.50. The van der Waals surface area contributed by atoms with E-state index in [9.17, 15) is 4.79 Å². The maximum Gasteiger partial charge on any atom is 0.341 e. The summed E-state index contributed by atoms with van der Waals surface area (Å²) in [6.07, 6.45) is 2.68. The van der Waals surface area contributed by atoms with Crippen LogP contribution in [0.3, 0.4) is 0 Å². The van der Waals surface area contributed by atoms with Crippen molar-refractivity contribution in [2.75, 3.05) is 13.2 Å². The third-order valence-corrected chi connectivity index (χ3v) is 1.08. The SMILES string of the molecule is O=C(OCCO)c1ccoc1. The van der Waals surface area contributed by atoms with Crippen LogP contribution in [0, 0.1) is 0 Å². The summed E-state index contributed by atoms with van der Waals surface area (Å²) in [4.78, 5) is 10.9. The minimum Gasteiger partial charge on any atom is -0.472 e. The lowest BCUT2D eigenvalue weighted by Gasteiger charge is -1.97. The fourth-order valence-corrected chi connectivity index (χ4v) is 0.602. The van der Waals surface area contributed by atoms with Gasteiger partial charge < -0.3 is 14.3 Å². The summed E-state index contributed by atoms with van der Waals surface area (Å²) in [5, 5.41) is 8.31. The van der Waals surface area contributed by atoms with Crippen LogP contribution in [-0.2, 0) is 4.74 Å². The van der Waals surface area contributed by atoms with Gasteiger partial charge in [-0.25, -0.2) is 4.79 Å². The normalized spacial score (nSPS) is 9.55. The van der Waals surface area contributed by atoms with Crippen LogP contribution in [0.4, 0.5) is 0 Å². The van der Waals surface area contributed by atoms with Gasteiger partial charge in [-0.05, 0) is 6.07 Å². The number of aliphatic hydroxyl groups excluding tert-OH is 1. The smallest absolute Gasteiger partial charge is 0.341 e. The van der Waals surface area contributed by atoms with E-state index < -0.39 is 5.97 Å². The Kier molecular flexibility index (Phi) is 2.68. The van der Waals surface area contributed by atoms with Crippen molar-refractivity contribution in [3.63, 3.8) is 0 Å². The van der Waals surface area contributed by atoms with Crippen LogP contribution in [0.2, 0.25) is 0 Å². The van der Waals surface area contributed by atoms with Gasteiger partial charge in [0.2, 0.25) is 0 Å². The zero-order valence-electron chi connectivity index (χ0n) is 5.82. The number of carbonyl (C=O) groups is 1. The Morgan fingerprint density at radius 1 is 1.73 bits per heavy atom. The van der Waals surface area contributed by atoms with Gasteiger partial charge >= 0.3 is 5.97 Å². The number of hydrogen-bond acceptors (Lipinski definition) is 4. The largest absolute Gasteiger partial charge is 0.472 e. The Morgan fingerprint density at radius 2 is 2.55 bits per heavy atom. The maximum atomic E-state index is 10.9. The van der Waals surface area contributed by atoms with Gasteiger partial charge in [0, 0.05) is 0 Å². The second-order valence-electron chi connectivity index (χ2n) is 1.87. The number of hydrogen-bond donors (Lipinski definition) is 1. The van der Waals surface area contributed by atoms with Gasteiger partial charge in [0.15, 0.2) is 0 Å². The Morgan fingerprint density at radius 3 is 3.09 bits per heavy atom. The Hall–Kier alpha value is -1.29. The number of esters is 1. The maximum absolute atomic E-state index is 10.9. The highest BCUT2D eigenvalue weighted by atomic mass is 16.5. The third-order valence-electron chi connectivity index (χ3n) is 1.08. The third kappa shape index (κ3) is 2.09. The molecule has 0 bridgehead atoms. The molecule has 0 aliphatic carbocycles. The average molecular weight is 156 g/mol. The molecule has 0 aliphatic heterocycles. The lowest BCUT2D eigenvalue weighted by Crippen LogP contribution is -2.07. The summed E-state index contributed by atoms with van der Waals surface area (Å²) in [5.41, 5.74) is 0.360. The highest BCUT2D eigenvalue weighted by molar-refractivity contribution is 5.88. The molecule has 1 rings (SSSR count). The Labute approximate surface area is 63.4 Å². The molecule has 1 aromatic heterocycles. The molecule has 0 fully saturated rings. The molecule has 1 heterocycles. The zero-order chi connectivity index (χ0) is 8.10. The first-order valence-electron chi connectivity index (χ1n) is 3.15. The number of carbonyl (C=O) groups excluding carboxylic acids is 1. The van der Waals surface area contributed by atoms with E-state index in [1.165, 1.54) is 18.6 Å². The second kappa shape index (κ2) is 3.78. The molecule has 1 aromatic rings. The first-order chi connectivity index (χ1) is 5.34. The van der Waals surface area contributed by atoms with Crippen LogP contribution >= 0.6 is 0 Å². The van der Waals surface area contributed by atoms with E-state index in [-0.39, 0.29) is 13.2 Å². The van der Waals surface area contributed by atoms with Crippen LogP contribution in [0.1, 0.15) is 10.4 Å². The highest BCUT2D eigenvalue weighted by Crippen LogP contribution is 2.01. The quantitative estimate of drug-likeness (QED) is 0.644.